The van der Waals surface area contributed by atoms with E-state index in [0.717, 1.165) is 85.1 Å². The van der Waals surface area contributed by atoms with Crippen molar-refractivity contribution < 1.29 is 33.4 Å². The molecule has 54 heavy (non-hydrogen) atoms. The Morgan fingerprint density at radius 2 is 1.72 bits per heavy atom. The first-order valence-corrected chi connectivity index (χ1v) is 19.6. The van der Waals surface area contributed by atoms with Gasteiger partial charge in [0.05, 0.1) is 24.8 Å². The number of thiophene rings is 1. The molecule has 1 saturated carbocycles. The zero-order valence-corrected chi connectivity index (χ0v) is 31.7. The van der Waals surface area contributed by atoms with Crippen molar-refractivity contribution in [3.8, 4) is 0 Å². The molecule has 1 atom stereocenters. The van der Waals surface area contributed by atoms with Crippen LogP contribution in [0, 0.1) is 5.92 Å². The van der Waals surface area contributed by atoms with Gasteiger partial charge in [-0.25, -0.2) is 9.59 Å². The second kappa shape index (κ2) is 18.3. The number of anilines is 1. The topological polar surface area (TPSA) is 143 Å². The number of aryl methyl sites for hydroxylation is 2. The molecule has 2 aromatic carbocycles. The Morgan fingerprint density at radius 3 is 2.44 bits per heavy atom. The van der Waals surface area contributed by atoms with Crippen molar-refractivity contribution in [2.24, 2.45) is 5.92 Å². The molecule has 11 nitrogen and oxygen atoms in total. The molecular weight excluding hydrogens is 705 g/mol. The summed E-state index contributed by atoms with van der Waals surface area (Å²) >= 11 is 1.50. The average Bonchev–Trinajstić information content (AvgIpc) is 3.97. The molecule has 0 spiro atoms. The Labute approximate surface area is 320 Å². The Morgan fingerprint density at radius 1 is 0.926 bits per heavy atom. The number of carbonyl (C=O) groups is 5. The summed E-state index contributed by atoms with van der Waals surface area (Å²) in [6, 6.07) is 15.4. The predicted molar refractivity (Wildman–Crippen MR) is 207 cm³/mol. The first kappa shape index (κ1) is 38.6. The van der Waals surface area contributed by atoms with Gasteiger partial charge in [-0.3, -0.25) is 19.3 Å². The van der Waals surface area contributed by atoms with Gasteiger partial charge >= 0.3 is 17.8 Å². The van der Waals surface area contributed by atoms with Crippen LogP contribution in [0.5, 0.6) is 0 Å². The number of ether oxygens (including phenoxy) is 2. The molecule has 1 unspecified atom stereocenters. The van der Waals surface area contributed by atoms with E-state index in [9.17, 15) is 24.0 Å². The highest BCUT2D eigenvalue weighted by atomic mass is 32.1. The summed E-state index contributed by atoms with van der Waals surface area (Å²) in [5.41, 5.74) is 5.48. The number of hydrogen-bond acceptors (Lipinski definition) is 9. The van der Waals surface area contributed by atoms with Crippen LogP contribution < -0.4 is 16.0 Å². The number of nitrogens with one attached hydrogen (secondary N) is 3. The summed E-state index contributed by atoms with van der Waals surface area (Å²) in [6.07, 6.45) is 14.6. The van der Waals surface area contributed by atoms with Crippen molar-refractivity contribution in [3.63, 3.8) is 0 Å². The van der Waals surface area contributed by atoms with Gasteiger partial charge in [0.15, 0.2) is 0 Å². The Balaban J connectivity index is 1.06. The van der Waals surface area contributed by atoms with Crippen LogP contribution in [0.2, 0.25) is 0 Å². The smallest absolute Gasteiger partial charge is 0.396 e. The van der Waals surface area contributed by atoms with Crippen LogP contribution in [0.4, 0.5) is 5.00 Å². The molecule has 3 amide bonds. The second-order valence-corrected chi connectivity index (χ2v) is 15.0. The van der Waals surface area contributed by atoms with Gasteiger partial charge < -0.3 is 25.4 Å². The van der Waals surface area contributed by atoms with E-state index in [0.29, 0.717) is 53.3 Å². The molecule has 0 aliphatic heterocycles. The van der Waals surface area contributed by atoms with Crippen LogP contribution in [0.1, 0.15) is 98.1 Å². The molecule has 3 aliphatic carbocycles. The number of benzene rings is 2. The number of hydrogen-bond donors (Lipinski definition) is 3. The fourth-order valence-corrected chi connectivity index (χ4v) is 8.25. The number of amides is 3. The quantitative estimate of drug-likeness (QED) is 0.124. The molecule has 1 aromatic heterocycles. The first-order valence-electron chi connectivity index (χ1n) is 18.8. The molecule has 0 bridgehead atoms. The maximum absolute atomic E-state index is 13.9. The third-order valence-electron chi connectivity index (χ3n) is 10.0. The fourth-order valence-electron chi connectivity index (χ4n) is 6.97. The van der Waals surface area contributed by atoms with E-state index in [1.165, 1.54) is 18.4 Å². The summed E-state index contributed by atoms with van der Waals surface area (Å²) in [4.78, 5) is 66.4. The van der Waals surface area contributed by atoms with Gasteiger partial charge in [0.25, 0.3) is 11.8 Å². The van der Waals surface area contributed by atoms with Crippen molar-refractivity contribution in [1.82, 2.24) is 15.5 Å². The molecule has 1 heterocycles. The minimum atomic E-state index is -0.882. The minimum absolute atomic E-state index is 0.144. The molecule has 284 valence electrons. The third-order valence-corrected chi connectivity index (χ3v) is 11.2. The molecule has 12 heteroatoms. The number of rotatable bonds is 15. The lowest BCUT2D eigenvalue weighted by atomic mass is 9.92. The van der Waals surface area contributed by atoms with Gasteiger partial charge in [-0.15, -0.1) is 11.3 Å². The monoisotopic (exact) mass is 752 g/mol. The standard InChI is InChI=1S/C42H48N4O7S/c1-3-53-42(51)39(49)43-23-24-46(33-21-22-33)26-29-7-6-8-31(25-29)37(47)45-40-36(34-9-4-5-10-35(34)54-40)38(48)44-32-19-15-28(16-20-32)12-11-27-13-17-30(18-14-27)41(50)52-2/h6-8,13-15,17-20,25,28,33H,3-5,9-12,16,21-24,26H2,1-2H3,(H,43,49)(H,44,48)(H,45,47). The Hall–Kier alpha value is -5.07. The first-order chi connectivity index (χ1) is 26.2. The Kier molecular flexibility index (Phi) is 13.1. The molecule has 3 aliphatic rings. The van der Waals surface area contributed by atoms with E-state index in [1.807, 2.05) is 36.4 Å². The van der Waals surface area contributed by atoms with Gasteiger partial charge in [-0.1, -0.05) is 36.4 Å². The van der Waals surface area contributed by atoms with E-state index < -0.39 is 11.9 Å². The number of carbonyl (C=O) groups excluding carboxylic acids is 5. The summed E-state index contributed by atoms with van der Waals surface area (Å²) in [5, 5.41) is 9.41. The summed E-state index contributed by atoms with van der Waals surface area (Å²) in [6.45, 7) is 3.26. The van der Waals surface area contributed by atoms with Crippen molar-refractivity contribution in [2.75, 3.05) is 32.1 Å². The van der Waals surface area contributed by atoms with Crippen LogP contribution in [0.3, 0.4) is 0 Å². The highest BCUT2D eigenvalue weighted by Crippen LogP contribution is 2.39. The average molecular weight is 753 g/mol. The van der Waals surface area contributed by atoms with Crippen LogP contribution >= 0.6 is 11.3 Å². The van der Waals surface area contributed by atoms with E-state index in [4.69, 9.17) is 9.47 Å². The highest BCUT2D eigenvalue weighted by Gasteiger charge is 2.30. The van der Waals surface area contributed by atoms with Crippen molar-refractivity contribution in [1.29, 1.82) is 0 Å². The lowest BCUT2D eigenvalue weighted by molar-refractivity contribution is -0.154. The third kappa shape index (κ3) is 10.1. The SMILES string of the molecule is CCOC(=O)C(=O)NCCN(Cc1cccc(C(=O)Nc2sc3c(c2C(=O)NC2=CCC(CCc4ccc(C(=O)OC)cc4)C=C2)CCCC3)c1)C1CC1. The van der Waals surface area contributed by atoms with Crippen LogP contribution in [0.15, 0.2) is 72.5 Å². The zero-order chi connectivity index (χ0) is 38.0. The summed E-state index contributed by atoms with van der Waals surface area (Å²) < 4.78 is 9.55. The normalized spacial score (nSPS) is 16.2. The molecule has 3 aromatic rings. The minimum Gasteiger partial charge on any atom is -0.465 e. The van der Waals surface area contributed by atoms with E-state index in [-0.39, 0.29) is 24.4 Å². The van der Waals surface area contributed by atoms with E-state index in [1.54, 1.807) is 25.1 Å². The number of methoxy groups -OCH3 is 1. The second-order valence-electron chi connectivity index (χ2n) is 13.9. The van der Waals surface area contributed by atoms with Gasteiger partial charge in [-0.2, -0.15) is 0 Å². The van der Waals surface area contributed by atoms with E-state index >= 15 is 0 Å². The largest absolute Gasteiger partial charge is 0.465 e. The van der Waals surface area contributed by atoms with Crippen molar-refractivity contribution in [2.45, 2.75) is 77.3 Å². The maximum Gasteiger partial charge on any atom is 0.396 e. The molecular formula is C42H48N4O7S. The zero-order valence-electron chi connectivity index (χ0n) is 30.9. The number of fused-ring (bicyclic) bond motifs is 1. The summed E-state index contributed by atoms with van der Waals surface area (Å²) in [5.74, 6) is -2.13. The van der Waals surface area contributed by atoms with Crippen molar-refractivity contribution >= 4 is 46.0 Å². The van der Waals surface area contributed by atoms with E-state index in [2.05, 4.69) is 33.0 Å². The van der Waals surface area contributed by atoms with Gasteiger partial charge in [0, 0.05) is 41.8 Å². The summed E-state index contributed by atoms with van der Waals surface area (Å²) in [7, 11) is 1.37. The van der Waals surface area contributed by atoms with Crippen molar-refractivity contribution in [3.05, 3.63) is 111 Å². The lowest BCUT2D eigenvalue weighted by Crippen LogP contribution is -2.39. The van der Waals surface area contributed by atoms with Crippen LogP contribution in [-0.4, -0.2) is 67.4 Å². The molecule has 0 saturated heterocycles. The predicted octanol–water partition coefficient (Wildman–Crippen LogP) is 6.13. The van der Waals surface area contributed by atoms with Crippen LogP contribution in [0.25, 0.3) is 0 Å². The molecule has 3 N–H and O–H groups in total. The number of nitrogens with zero attached hydrogens (tertiary/aromatic N) is 1. The fraction of sp³-hybridized carbons (Fsp3) is 0.405. The lowest BCUT2D eigenvalue weighted by Gasteiger charge is -2.22. The molecule has 1 fully saturated rings. The number of allylic oxidation sites excluding steroid dienone is 3. The maximum atomic E-state index is 13.9. The number of esters is 2. The molecule has 0 radical (unpaired) electrons. The van der Waals surface area contributed by atoms with Gasteiger partial charge in [0.1, 0.15) is 5.00 Å². The Bertz CT molecular complexity index is 1930. The van der Waals surface area contributed by atoms with Gasteiger partial charge in [-0.05, 0) is 118 Å². The highest BCUT2D eigenvalue weighted by molar-refractivity contribution is 7.17. The molecule has 6 rings (SSSR count). The van der Waals surface area contributed by atoms with Crippen LogP contribution in [-0.2, 0) is 44.9 Å². The van der Waals surface area contributed by atoms with Gasteiger partial charge in [0.2, 0.25) is 0 Å².